The number of benzene rings is 1. The molecule has 5 nitrogen and oxygen atoms in total. The zero-order chi connectivity index (χ0) is 18.9. The van der Waals surface area contributed by atoms with E-state index in [9.17, 15) is 0 Å². The summed E-state index contributed by atoms with van der Waals surface area (Å²) < 4.78 is 0. The van der Waals surface area contributed by atoms with Gasteiger partial charge in [0, 0.05) is 32.1 Å². The van der Waals surface area contributed by atoms with Crippen LogP contribution in [0.25, 0.3) is 0 Å². The Hall–Kier alpha value is -1.92. The van der Waals surface area contributed by atoms with Crippen LogP contribution in [0.1, 0.15) is 36.0 Å². The lowest BCUT2D eigenvalue weighted by atomic mass is 9.97. The monoisotopic (exact) mass is 385 g/mol. The van der Waals surface area contributed by atoms with Gasteiger partial charge in [0.15, 0.2) is 5.96 Å². The predicted molar refractivity (Wildman–Crippen MR) is 114 cm³/mol. The highest BCUT2D eigenvalue weighted by Gasteiger charge is 2.20. The lowest BCUT2D eigenvalue weighted by molar-refractivity contribution is 0.176. The summed E-state index contributed by atoms with van der Waals surface area (Å²) in [6, 6.07) is 10.4. The molecule has 0 amide bonds. The number of aliphatic imine (C=N–C) groups is 1. The molecule has 0 aliphatic carbocycles. The summed E-state index contributed by atoms with van der Waals surface area (Å²) in [7, 11) is 1.83. The molecule has 1 aromatic carbocycles. The van der Waals surface area contributed by atoms with Crippen LogP contribution in [0.15, 0.2) is 40.7 Å². The van der Waals surface area contributed by atoms with E-state index in [1.807, 2.05) is 13.1 Å². The maximum absolute atomic E-state index is 4.70. The number of aromatic nitrogens is 1. The molecular weight excluding hydrogens is 354 g/mol. The Morgan fingerprint density at radius 1 is 1.22 bits per heavy atom. The van der Waals surface area contributed by atoms with Crippen molar-refractivity contribution in [3.63, 3.8) is 0 Å². The topological polar surface area (TPSA) is 52.6 Å². The first-order valence-corrected chi connectivity index (χ1v) is 10.8. The lowest BCUT2D eigenvalue weighted by Crippen LogP contribution is -2.42. The molecule has 1 fully saturated rings. The second-order valence-corrected chi connectivity index (χ2v) is 8.04. The summed E-state index contributed by atoms with van der Waals surface area (Å²) in [6.45, 7) is 7.26. The summed E-state index contributed by atoms with van der Waals surface area (Å²) in [4.78, 5) is 11.6. The van der Waals surface area contributed by atoms with Crippen molar-refractivity contribution in [2.45, 2.75) is 39.3 Å². The van der Waals surface area contributed by atoms with E-state index in [1.165, 1.54) is 29.1 Å². The van der Waals surface area contributed by atoms with E-state index >= 15 is 0 Å². The van der Waals surface area contributed by atoms with Crippen molar-refractivity contribution in [2.75, 3.05) is 26.7 Å². The largest absolute Gasteiger partial charge is 0.356 e. The third kappa shape index (κ3) is 6.33. The summed E-state index contributed by atoms with van der Waals surface area (Å²) >= 11 is 1.79. The van der Waals surface area contributed by atoms with Gasteiger partial charge in [-0.25, -0.2) is 4.98 Å². The minimum absolute atomic E-state index is 0.707. The van der Waals surface area contributed by atoms with Crippen LogP contribution >= 0.6 is 11.3 Å². The molecule has 1 aliphatic heterocycles. The van der Waals surface area contributed by atoms with Crippen molar-refractivity contribution >= 4 is 17.3 Å². The Labute approximate surface area is 166 Å². The van der Waals surface area contributed by atoms with Gasteiger partial charge in [-0.2, -0.15) is 0 Å². The number of nitrogens with one attached hydrogen (secondary N) is 2. The van der Waals surface area contributed by atoms with Crippen molar-refractivity contribution in [2.24, 2.45) is 10.9 Å². The molecule has 0 bridgehead atoms. The number of piperidine rings is 1. The molecule has 0 atom stereocenters. The second kappa shape index (κ2) is 10.4. The maximum atomic E-state index is 4.70. The molecular formula is C21H31N5S. The average molecular weight is 386 g/mol. The minimum atomic E-state index is 0.707. The van der Waals surface area contributed by atoms with E-state index in [2.05, 4.69) is 57.1 Å². The van der Waals surface area contributed by atoms with Crippen LogP contribution in [0, 0.1) is 5.92 Å². The van der Waals surface area contributed by atoms with Gasteiger partial charge in [0.25, 0.3) is 0 Å². The summed E-state index contributed by atoms with van der Waals surface area (Å²) in [5.41, 5.74) is 2.50. The Bertz CT molecular complexity index is 704. The molecule has 2 aromatic rings. The number of aryl methyl sites for hydroxylation is 1. The molecule has 0 radical (unpaired) electrons. The predicted octanol–water partition coefficient (Wildman–Crippen LogP) is 3.28. The number of likely N-dealkylation sites (tertiary alicyclic amines) is 1. The summed E-state index contributed by atoms with van der Waals surface area (Å²) in [5, 5.41) is 10.4. The first kappa shape index (κ1) is 19.8. The Balaban J connectivity index is 1.35. The molecule has 146 valence electrons. The van der Waals surface area contributed by atoms with Crippen LogP contribution in [0.2, 0.25) is 0 Å². The molecule has 0 spiro atoms. The molecule has 1 aliphatic rings. The first-order valence-electron chi connectivity index (χ1n) is 9.91. The van der Waals surface area contributed by atoms with Gasteiger partial charge < -0.3 is 10.6 Å². The van der Waals surface area contributed by atoms with Gasteiger partial charge >= 0.3 is 0 Å². The van der Waals surface area contributed by atoms with Gasteiger partial charge in [-0.3, -0.25) is 9.89 Å². The number of hydrogen-bond donors (Lipinski definition) is 2. The highest BCUT2D eigenvalue weighted by Crippen LogP contribution is 2.19. The number of thiazole rings is 1. The van der Waals surface area contributed by atoms with Crippen molar-refractivity contribution in [1.82, 2.24) is 20.5 Å². The van der Waals surface area contributed by atoms with E-state index in [0.29, 0.717) is 5.92 Å². The molecule has 2 N–H and O–H groups in total. The van der Waals surface area contributed by atoms with Crippen molar-refractivity contribution in [3.05, 3.63) is 52.0 Å². The van der Waals surface area contributed by atoms with Gasteiger partial charge in [0.05, 0.1) is 10.7 Å². The molecule has 2 heterocycles. The molecule has 27 heavy (non-hydrogen) atoms. The molecule has 3 rings (SSSR count). The third-order valence-electron chi connectivity index (χ3n) is 5.08. The number of hydrogen-bond acceptors (Lipinski definition) is 4. The fraction of sp³-hybridized carbons (Fsp3) is 0.524. The van der Waals surface area contributed by atoms with Gasteiger partial charge in [-0.1, -0.05) is 37.3 Å². The Morgan fingerprint density at radius 3 is 2.67 bits per heavy atom. The average Bonchev–Trinajstić information content (AvgIpc) is 3.17. The number of rotatable bonds is 7. The minimum Gasteiger partial charge on any atom is -0.356 e. The molecule has 1 saturated heterocycles. The highest BCUT2D eigenvalue weighted by atomic mass is 32.1. The molecule has 6 heteroatoms. The summed E-state index contributed by atoms with van der Waals surface area (Å²) in [5.74, 6) is 1.59. The van der Waals surface area contributed by atoms with Gasteiger partial charge in [0.1, 0.15) is 0 Å². The maximum Gasteiger partial charge on any atom is 0.191 e. The molecule has 1 aromatic heterocycles. The quantitative estimate of drug-likeness (QED) is 0.567. The zero-order valence-electron chi connectivity index (χ0n) is 16.4. The van der Waals surface area contributed by atoms with E-state index in [0.717, 1.165) is 45.1 Å². The lowest BCUT2D eigenvalue weighted by Gasteiger charge is -2.31. The standard InChI is InChI=1S/C21H31N5S/c1-3-20-25-19(16-27-20)15-26-11-9-18(10-12-26)14-24-21(22-2)23-13-17-7-5-4-6-8-17/h4-8,16,18H,3,9-15H2,1-2H3,(H2,22,23,24). The summed E-state index contributed by atoms with van der Waals surface area (Å²) in [6.07, 6.45) is 3.50. The van der Waals surface area contributed by atoms with Crippen LogP contribution in [-0.2, 0) is 19.5 Å². The Morgan fingerprint density at radius 2 is 2.00 bits per heavy atom. The van der Waals surface area contributed by atoms with E-state index in [1.54, 1.807) is 11.3 Å². The number of guanidine groups is 1. The van der Waals surface area contributed by atoms with Crippen LogP contribution in [0.5, 0.6) is 0 Å². The number of nitrogens with zero attached hydrogens (tertiary/aromatic N) is 3. The normalized spacial score (nSPS) is 16.4. The first-order chi connectivity index (χ1) is 13.3. The van der Waals surface area contributed by atoms with Gasteiger partial charge in [0.2, 0.25) is 0 Å². The highest BCUT2D eigenvalue weighted by molar-refractivity contribution is 7.09. The molecule has 0 saturated carbocycles. The van der Waals surface area contributed by atoms with Crippen LogP contribution in [-0.4, -0.2) is 42.5 Å². The second-order valence-electron chi connectivity index (χ2n) is 7.10. The van der Waals surface area contributed by atoms with Gasteiger partial charge in [-0.05, 0) is 43.8 Å². The van der Waals surface area contributed by atoms with Crippen molar-refractivity contribution in [3.8, 4) is 0 Å². The fourth-order valence-electron chi connectivity index (χ4n) is 3.40. The van der Waals surface area contributed by atoms with E-state index in [4.69, 9.17) is 4.98 Å². The van der Waals surface area contributed by atoms with E-state index < -0.39 is 0 Å². The Kier molecular flexibility index (Phi) is 7.66. The van der Waals surface area contributed by atoms with Crippen LogP contribution in [0.4, 0.5) is 0 Å². The van der Waals surface area contributed by atoms with Crippen LogP contribution < -0.4 is 10.6 Å². The fourth-order valence-corrected chi connectivity index (χ4v) is 4.14. The van der Waals surface area contributed by atoms with E-state index in [-0.39, 0.29) is 0 Å². The van der Waals surface area contributed by atoms with Crippen molar-refractivity contribution in [1.29, 1.82) is 0 Å². The third-order valence-corrected chi connectivity index (χ3v) is 6.12. The van der Waals surface area contributed by atoms with Crippen molar-refractivity contribution < 1.29 is 0 Å². The smallest absolute Gasteiger partial charge is 0.191 e. The SMILES string of the molecule is CCc1nc(CN2CCC(CNC(=NC)NCc3ccccc3)CC2)cs1. The zero-order valence-corrected chi connectivity index (χ0v) is 17.3. The van der Waals surface area contributed by atoms with Gasteiger partial charge in [-0.15, -0.1) is 11.3 Å². The van der Waals surface area contributed by atoms with Crippen LogP contribution in [0.3, 0.4) is 0 Å². The molecule has 0 unspecified atom stereocenters.